The zero-order valence-electron chi connectivity index (χ0n) is 20.4. The lowest BCUT2D eigenvalue weighted by molar-refractivity contribution is -0.145. The molecule has 0 radical (unpaired) electrons. The minimum absolute atomic E-state index is 0.0757. The Morgan fingerprint density at radius 3 is 2.51 bits per heavy atom. The fraction of sp³-hybridized carbons (Fsp3) is 0.520. The summed E-state index contributed by atoms with van der Waals surface area (Å²) in [4.78, 5) is 55.3. The van der Waals surface area contributed by atoms with Crippen LogP contribution in [-0.2, 0) is 25.6 Å². The normalized spacial score (nSPS) is 18.3. The zero-order valence-corrected chi connectivity index (χ0v) is 20.4. The third-order valence-corrected chi connectivity index (χ3v) is 6.29. The van der Waals surface area contributed by atoms with Crippen molar-refractivity contribution in [3.8, 4) is 0 Å². The Kier molecular flexibility index (Phi) is 8.50. The maximum atomic E-state index is 13.6. The Morgan fingerprint density at radius 2 is 1.86 bits per heavy atom. The Bertz CT molecular complexity index is 1080. The molecule has 0 saturated carbocycles. The van der Waals surface area contributed by atoms with Gasteiger partial charge in [-0.05, 0) is 43.7 Å². The Balaban J connectivity index is 1.81. The molecule has 1 aromatic carbocycles. The van der Waals surface area contributed by atoms with Gasteiger partial charge in [0.25, 0.3) is 0 Å². The van der Waals surface area contributed by atoms with E-state index in [9.17, 15) is 24.3 Å². The van der Waals surface area contributed by atoms with Crippen LogP contribution in [0, 0.1) is 5.92 Å². The van der Waals surface area contributed by atoms with Gasteiger partial charge in [0, 0.05) is 30.1 Å². The first kappa shape index (κ1) is 26.2. The summed E-state index contributed by atoms with van der Waals surface area (Å²) in [6.45, 7) is 5.64. The minimum atomic E-state index is -1.11. The topological polar surface area (TPSA) is 158 Å². The van der Waals surface area contributed by atoms with Gasteiger partial charge in [0.05, 0.1) is 6.04 Å². The van der Waals surface area contributed by atoms with Crippen molar-refractivity contribution in [2.75, 3.05) is 6.54 Å². The number of nitrogens with zero attached hydrogens (tertiary/aromatic N) is 1. The number of aliphatic carboxylic acids is 1. The van der Waals surface area contributed by atoms with Crippen molar-refractivity contribution in [2.24, 2.45) is 11.7 Å². The van der Waals surface area contributed by atoms with Gasteiger partial charge in [-0.15, -0.1) is 0 Å². The van der Waals surface area contributed by atoms with E-state index in [1.807, 2.05) is 38.1 Å². The summed E-state index contributed by atoms with van der Waals surface area (Å²) in [6.07, 6.45) is 3.34. The van der Waals surface area contributed by atoms with Crippen LogP contribution >= 0.6 is 0 Å². The summed E-state index contributed by atoms with van der Waals surface area (Å²) in [5.41, 5.74) is 7.50. The first-order valence-corrected chi connectivity index (χ1v) is 12.0. The molecule has 0 bridgehead atoms. The van der Waals surface area contributed by atoms with Crippen molar-refractivity contribution in [3.63, 3.8) is 0 Å². The number of hydrogen-bond donors (Lipinski definition) is 5. The third-order valence-electron chi connectivity index (χ3n) is 6.29. The number of nitrogens with one attached hydrogen (secondary N) is 3. The molecule has 3 amide bonds. The van der Waals surface area contributed by atoms with Crippen LogP contribution < -0.4 is 16.4 Å². The van der Waals surface area contributed by atoms with E-state index in [1.165, 1.54) is 11.8 Å². The molecule has 35 heavy (non-hydrogen) atoms. The number of nitrogens with two attached hydrogens (primary N) is 1. The van der Waals surface area contributed by atoms with Crippen molar-refractivity contribution in [3.05, 3.63) is 36.0 Å². The fourth-order valence-electron chi connectivity index (χ4n) is 4.49. The SMILES string of the molecule is CC(C)CC(NC(=O)C1CCCN1C(=O)C(Cc1c[nH]c2ccccc12)NC(=O)C(C)N)C(=O)O. The van der Waals surface area contributed by atoms with Crippen molar-refractivity contribution < 1.29 is 24.3 Å². The number of aromatic nitrogens is 1. The van der Waals surface area contributed by atoms with Gasteiger partial charge in [-0.2, -0.15) is 0 Å². The molecule has 2 aromatic rings. The highest BCUT2D eigenvalue weighted by Crippen LogP contribution is 2.23. The zero-order chi connectivity index (χ0) is 25.7. The summed E-state index contributed by atoms with van der Waals surface area (Å²) in [7, 11) is 0. The maximum absolute atomic E-state index is 13.6. The Labute approximate surface area is 204 Å². The van der Waals surface area contributed by atoms with E-state index in [4.69, 9.17) is 5.73 Å². The molecule has 1 saturated heterocycles. The summed E-state index contributed by atoms with van der Waals surface area (Å²) < 4.78 is 0. The second-order valence-electron chi connectivity index (χ2n) is 9.63. The van der Waals surface area contributed by atoms with Gasteiger partial charge in [0.1, 0.15) is 18.1 Å². The molecule has 6 N–H and O–H groups in total. The number of carbonyl (C=O) groups excluding carboxylic acids is 3. The molecule has 190 valence electrons. The lowest BCUT2D eigenvalue weighted by Gasteiger charge is -2.30. The second kappa shape index (κ2) is 11.4. The molecule has 0 aliphatic carbocycles. The van der Waals surface area contributed by atoms with Gasteiger partial charge in [0.2, 0.25) is 17.7 Å². The van der Waals surface area contributed by atoms with Crippen molar-refractivity contribution in [2.45, 2.75) is 70.6 Å². The van der Waals surface area contributed by atoms with Crippen LogP contribution in [0.15, 0.2) is 30.5 Å². The number of amides is 3. The number of hydrogen-bond acceptors (Lipinski definition) is 5. The van der Waals surface area contributed by atoms with E-state index in [0.29, 0.717) is 19.4 Å². The van der Waals surface area contributed by atoms with Crippen molar-refractivity contribution in [1.29, 1.82) is 0 Å². The van der Waals surface area contributed by atoms with Gasteiger partial charge in [-0.1, -0.05) is 32.0 Å². The highest BCUT2D eigenvalue weighted by Gasteiger charge is 2.39. The number of rotatable bonds is 10. The van der Waals surface area contributed by atoms with Crippen molar-refractivity contribution >= 4 is 34.6 Å². The average Bonchev–Trinajstić information content (AvgIpc) is 3.45. The Morgan fingerprint density at radius 1 is 1.14 bits per heavy atom. The summed E-state index contributed by atoms with van der Waals surface area (Å²) >= 11 is 0. The number of likely N-dealkylation sites (tertiary alicyclic amines) is 1. The first-order chi connectivity index (χ1) is 16.6. The largest absolute Gasteiger partial charge is 0.480 e. The van der Waals surface area contributed by atoms with E-state index in [0.717, 1.165) is 16.5 Å². The van der Waals surface area contributed by atoms with Crippen LogP contribution in [0.4, 0.5) is 0 Å². The molecular formula is C25H35N5O5. The monoisotopic (exact) mass is 485 g/mol. The molecule has 10 nitrogen and oxygen atoms in total. The molecule has 1 fully saturated rings. The van der Waals surface area contributed by atoms with E-state index in [1.54, 1.807) is 6.20 Å². The van der Waals surface area contributed by atoms with Gasteiger partial charge < -0.3 is 31.4 Å². The van der Waals surface area contributed by atoms with Crippen LogP contribution in [0.5, 0.6) is 0 Å². The molecule has 1 aliphatic rings. The summed E-state index contributed by atoms with van der Waals surface area (Å²) in [5, 5.41) is 15.8. The third kappa shape index (κ3) is 6.39. The summed E-state index contributed by atoms with van der Waals surface area (Å²) in [5.74, 6) is -2.38. The number of H-pyrrole nitrogens is 1. The maximum Gasteiger partial charge on any atom is 0.326 e. The first-order valence-electron chi connectivity index (χ1n) is 12.0. The van der Waals surface area contributed by atoms with Gasteiger partial charge >= 0.3 is 5.97 Å². The number of carboxylic acids is 1. The number of carbonyl (C=O) groups is 4. The highest BCUT2D eigenvalue weighted by atomic mass is 16.4. The van der Waals surface area contributed by atoms with Crippen LogP contribution in [0.2, 0.25) is 0 Å². The molecule has 4 atom stereocenters. The average molecular weight is 486 g/mol. The van der Waals surface area contributed by atoms with Gasteiger partial charge in [-0.25, -0.2) is 4.79 Å². The number of para-hydroxylation sites is 1. The predicted molar refractivity (Wildman–Crippen MR) is 131 cm³/mol. The van der Waals surface area contributed by atoms with Gasteiger partial charge in [0.15, 0.2) is 0 Å². The van der Waals surface area contributed by atoms with Crippen LogP contribution in [0.3, 0.4) is 0 Å². The molecule has 4 unspecified atom stereocenters. The van der Waals surface area contributed by atoms with Crippen molar-refractivity contribution in [1.82, 2.24) is 20.5 Å². The molecule has 10 heteroatoms. The second-order valence-corrected chi connectivity index (χ2v) is 9.63. The Hall–Kier alpha value is -3.40. The minimum Gasteiger partial charge on any atom is -0.480 e. The van der Waals surface area contributed by atoms with Crippen LogP contribution in [-0.4, -0.2) is 69.4 Å². The van der Waals surface area contributed by atoms with E-state index < -0.39 is 47.9 Å². The number of aromatic amines is 1. The number of carboxylic acid groups (broad SMARTS) is 1. The molecule has 0 spiro atoms. The predicted octanol–water partition coefficient (Wildman–Crippen LogP) is 1.15. The lowest BCUT2D eigenvalue weighted by atomic mass is 10.0. The number of benzene rings is 1. The van der Waals surface area contributed by atoms with Gasteiger partial charge in [-0.3, -0.25) is 14.4 Å². The van der Waals surface area contributed by atoms with E-state index >= 15 is 0 Å². The fourth-order valence-corrected chi connectivity index (χ4v) is 4.49. The molecular weight excluding hydrogens is 450 g/mol. The molecule has 2 heterocycles. The smallest absolute Gasteiger partial charge is 0.326 e. The highest BCUT2D eigenvalue weighted by molar-refractivity contribution is 5.95. The van der Waals surface area contributed by atoms with E-state index in [-0.39, 0.29) is 18.8 Å². The molecule has 1 aliphatic heterocycles. The lowest BCUT2D eigenvalue weighted by Crippen LogP contribution is -2.57. The summed E-state index contributed by atoms with van der Waals surface area (Å²) in [6, 6.07) is 4.10. The quantitative estimate of drug-likeness (QED) is 0.340. The van der Waals surface area contributed by atoms with E-state index in [2.05, 4.69) is 15.6 Å². The number of fused-ring (bicyclic) bond motifs is 1. The molecule has 3 rings (SSSR count). The van der Waals surface area contributed by atoms with Crippen LogP contribution in [0.25, 0.3) is 10.9 Å². The molecule has 1 aromatic heterocycles. The van der Waals surface area contributed by atoms with Crippen LogP contribution in [0.1, 0.15) is 45.6 Å². The standard InChI is InChI=1S/C25H35N5O5/c1-14(2)11-20(25(34)35)29-23(32)21-9-6-10-30(21)24(33)19(28-22(31)15(3)26)12-16-13-27-18-8-5-4-7-17(16)18/h4-5,7-8,13-15,19-21,27H,6,9-12,26H2,1-3H3,(H,28,31)(H,29,32)(H,34,35).